The Labute approximate surface area is 403 Å². The second-order valence-corrected chi connectivity index (χ2v) is 17.7. The fraction of sp³-hybridized carbons (Fsp3) is 0.400. The summed E-state index contributed by atoms with van der Waals surface area (Å²) in [7, 11) is 1.49. The van der Waals surface area contributed by atoms with Crippen LogP contribution in [0.1, 0.15) is 109 Å². The number of primary amides is 2. The van der Waals surface area contributed by atoms with Crippen molar-refractivity contribution < 1.29 is 42.9 Å². The highest BCUT2D eigenvalue weighted by Gasteiger charge is 2.24. The van der Waals surface area contributed by atoms with Crippen LogP contribution in [0, 0.1) is 13.8 Å². The van der Waals surface area contributed by atoms with E-state index in [2.05, 4.69) is 10.2 Å². The third kappa shape index (κ3) is 11.2. The molecule has 0 unspecified atom stereocenters. The van der Waals surface area contributed by atoms with Crippen LogP contribution in [-0.2, 0) is 51.7 Å². The van der Waals surface area contributed by atoms with E-state index in [1.807, 2.05) is 59.7 Å². The van der Waals surface area contributed by atoms with Crippen LogP contribution in [0.2, 0.25) is 0 Å². The number of carbonyl (C=O) groups excluding carboxylic acids is 5. The number of rotatable bonds is 22. The third-order valence-electron chi connectivity index (χ3n) is 11.3. The highest BCUT2D eigenvalue weighted by atomic mass is 16.6. The van der Waals surface area contributed by atoms with E-state index in [0.717, 1.165) is 11.4 Å². The lowest BCUT2D eigenvalue weighted by Crippen LogP contribution is -2.24. The van der Waals surface area contributed by atoms with E-state index in [1.54, 1.807) is 62.0 Å². The first-order valence-electron chi connectivity index (χ1n) is 23.2. The lowest BCUT2D eigenvalue weighted by atomic mass is 10.1. The number of allylic oxidation sites excluding steroid dienone is 2. The Kier molecular flexibility index (Phi) is 15.1. The average molecular weight is 958 g/mol. The Morgan fingerprint density at radius 3 is 2.09 bits per heavy atom. The van der Waals surface area contributed by atoms with E-state index in [0.29, 0.717) is 93.4 Å². The summed E-state index contributed by atoms with van der Waals surface area (Å²) in [6.45, 7) is 14.6. The number of methoxy groups -OCH3 is 1. The molecule has 70 heavy (non-hydrogen) atoms. The Morgan fingerprint density at radius 2 is 1.40 bits per heavy atom. The van der Waals surface area contributed by atoms with Gasteiger partial charge in [-0.25, -0.2) is 15.0 Å². The maximum absolute atomic E-state index is 13.9. The zero-order valence-electron chi connectivity index (χ0n) is 40.8. The minimum atomic E-state index is -0.656. The molecule has 0 bridgehead atoms. The van der Waals surface area contributed by atoms with E-state index >= 15 is 0 Å². The van der Waals surface area contributed by atoms with Crippen molar-refractivity contribution in [1.29, 1.82) is 0 Å². The molecule has 2 amide bonds. The number of Topliss-reactive ketones (excluding diaryl/α,β-unsaturated/α-hetero) is 1. The minimum absolute atomic E-state index is 0.0433. The number of ether oxygens (including phenoxy) is 4. The van der Waals surface area contributed by atoms with Gasteiger partial charge in [0.05, 0.1) is 49.0 Å². The summed E-state index contributed by atoms with van der Waals surface area (Å²) in [6.07, 6.45) is 6.47. The molecule has 0 spiro atoms. The van der Waals surface area contributed by atoms with Gasteiger partial charge >= 0.3 is 11.9 Å². The number of benzene rings is 2. The maximum atomic E-state index is 13.9. The van der Waals surface area contributed by atoms with E-state index in [9.17, 15) is 24.0 Å². The largest absolute Gasteiger partial charge is 0.494 e. The number of aryl methyl sites for hydroxylation is 4. The van der Waals surface area contributed by atoms with Gasteiger partial charge in [0.25, 0.3) is 0 Å². The van der Waals surface area contributed by atoms with Crippen LogP contribution in [0.25, 0.3) is 44.5 Å². The second kappa shape index (κ2) is 21.2. The molecule has 7 rings (SSSR count). The van der Waals surface area contributed by atoms with Crippen molar-refractivity contribution in [3.63, 3.8) is 0 Å². The van der Waals surface area contributed by atoms with Gasteiger partial charge in [-0.15, -0.1) is 0 Å². The summed E-state index contributed by atoms with van der Waals surface area (Å²) in [5.41, 5.74) is 16.2. The molecule has 0 atom stereocenters. The van der Waals surface area contributed by atoms with Crippen LogP contribution in [0.15, 0.2) is 54.7 Å². The van der Waals surface area contributed by atoms with Crippen LogP contribution >= 0.6 is 0 Å². The Hall–Kier alpha value is -7.90. The Balaban J connectivity index is 1.22. The molecule has 0 saturated carbocycles. The molecule has 4 N–H and O–H groups in total. The number of ketones is 1. The van der Waals surface area contributed by atoms with Crippen LogP contribution in [0.3, 0.4) is 0 Å². The van der Waals surface area contributed by atoms with Crippen molar-refractivity contribution in [3.05, 3.63) is 88.8 Å². The molecule has 20 heteroatoms. The molecular weight excluding hydrogens is 899 g/mol. The topological polar surface area (TPSA) is 258 Å². The Bertz CT molecular complexity index is 3170. The van der Waals surface area contributed by atoms with E-state index < -0.39 is 29.4 Å². The van der Waals surface area contributed by atoms with Gasteiger partial charge in [-0.1, -0.05) is 12.2 Å². The summed E-state index contributed by atoms with van der Waals surface area (Å²) >= 11 is 0. The molecule has 7 aromatic rings. The van der Waals surface area contributed by atoms with Crippen LogP contribution in [0.4, 0.5) is 0 Å². The Morgan fingerprint density at radius 1 is 0.729 bits per heavy atom. The molecule has 0 saturated heterocycles. The molecule has 5 heterocycles. The number of esters is 2. The molecule has 0 fully saturated rings. The number of hydrogen-bond acceptors (Lipinski definition) is 14. The highest BCUT2D eigenvalue weighted by molar-refractivity contribution is 6.12. The number of amides is 2. The predicted octanol–water partition coefficient (Wildman–Crippen LogP) is 6.36. The van der Waals surface area contributed by atoms with Crippen molar-refractivity contribution in [2.45, 2.75) is 112 Å². The smallest absolute Gasteiger partial charge is 0.309 e. The number of aromatic nitrogens is 9. The number of fused-ring (bicyclic) bond motifs is 4. The standard InChI is InChI=1S/C50H59N11O9/c1-9-60-36(21-29(3)56-60)38(62)27-41-54-35-24-32(47(52)66)25-39(67-8)45(35)58(41)17-12-13-18-59-44-33(34-28-53-48(55-49(34)59)37-22-30(4)57-61(37)10-2)23-31(46(51)65)26-40(44)68-19-14-11-15-42(63)69-20-16-43(64)70-50(5,6)7/h12-13,21-26,28H,9-11,14-20,27H2,1-8H3,(H2,51,65)(H2,52,66)/b13-12+. The fourth-order valence-corrected chi connectivity index (χ4v) is 8.27. The van der Waals surface area contributed by atoms with Gasteiger partial charge in [0, 0.05) is 60.7 Å². The molecule has 2 aromatic carbocycles. The van der Waals surface area contributed by atoms with Gasteiger partial charge in [-0.05, 0) is 97.7 Å². The molecule has 0 aliphatic heterocycles. The first kappa shape index (κ1) is 50.0. The summed E-state index contributed by atoms with van der Waals surface area (Å²) in [5.74, 6) is -0.783. The number of unbranched alkanes of at least 4 members (excludes halogenated alkanes) is 1. The van der Waals surface area contributed by atoms with Crippen LogP contribution in [-0.4, -0.2) is 99.1 Å². The monoisotopic (exact) mass is 957 g/mol. The van der Waals surface area contributed by atoms with Gasteiger partial charge in [0.2, 0.25) is 11.8 Å². The summed E-state index contributed by atoms with van der Waals surface area (Å²) < 4.78 is 30.1. The van der Waals surface area contributed by atoms with Gasteiger partial charge in [-0.3, -0.25) is 33.3 Å². The van der Waals surface area contributed by atoms with E-state index in [1.165, 1.54) is 7.11 Å². The lowest BCUT2D eigenvalue weighted by molar-refractivity contribution is -0.157. The van der Waals surface area contributed by atoms with Crippen molar-refractivity contribution in [2.75, 3.05) is 20.3 Å². The highest BCUT2D eigenvalue weighted by Crippen LogP contribution is 2.37. The molecule has 0 aliphatic rings. The van der Waals surface area contributed by atoms with Crippen molar-refractivity contribution >= 4 is 62.5 Å². The average Bonchev–Trinajstić information content (AvgIpc) is 4.07. The van der Waals surface area contributed by atoms with Crippen molar-refractivity contribution in [2.24, 2.45) is 11.5 Å². The van der Waals surface area contributed by atoms with Crippen molar-refractivity contribution in [3.8, 4) is 23.0 Å². The number of hydrogen-bond donors (Lipinski definition) is 2. The number of imidazole rings is 1. The minimum Gasteiger partial charge on any atom is -0.494 e. The lowest BCUT2D eigenvalue weighted by Gasteiger charge is -2.19. The van der Waals surface area contributed by atoms with Gasteiger partial charge in [0.1, 0.15) is 52.1 Å². The summed E-state index contributed by atoms with van der Waals surface area (Å²) in [4.78, 5) is 78.2. The fourth-order valence-electron chi connectivity index (χ4n) is 8.27. The first-order chi connectivity index (χ1) is 33.4. The van der Waals surface area contributed by atoms with Crippen LogP contribution < -0.4 is 20.9 Å². The van der Waals surface area contributed by atoms with E-state index in [-0.39, 0.29) is 62.5 Å². The van der Waals surface area contributed by atoms with Gasteiger partial charge in [-0.2, -0.15) is 10.2 Å². The van der Waals surface area contributed by atoms with Gasteiger partial charge < -0.3 is 39.5 Å². The summed E-state index contributed by atoms with van der Waals surface area (Å²) in [5, 5.41) is 10.3. The number of carbonyl (C=O) groups is 5. The normalized spacial score (nSPS) is 11.8. The first-order valence-corrected chi connectivity index (χ1v) is 23.2. The zero-order valence-corrected chi connectivity index (χ0v) is 40.8. The molecular formula is C50H59N11O9. The number of nitrogens with zero attached hydrogens (tertiary/aromatic N) is 9. The molecule has 20 nitrogen and oxygen atoms in total. The van der Waals surface area contributed by atoms with E-state index in [4.69, 9.17) is 45.4 Å². The second-order valence-electron chi connectivity index (χ2n) is 17.7. The number of nitrogens with two attached hydrogens (primary N) is 2. The molecule has 368 valence electrons. The van der Waals surface area contributed by atoms with Crippen LogP contribution in [0.5, 0.6) is 11.5 Å². The molecule has 5 aromatic heterocycles. The zero-order chi connectivity index (χ0) is 50.4. The third-order valence-corrected chi connectivity index (χ3v) is 11.3. The predicted molar refractivity (Wildman–Crippen MR) is 261 cm³/mol. The van der Waals surface area contributed by atoms with Gasteiger partial charge in [0.15, 0.2) is 11.6 Å². The SMILES string of the molecule is CCn1nc(C)cc1C(=O)Cc1nc2cc(C(N)=O)cc(OC)c2n1C/C=C/Cn1c2nc(-c3cc(C)nn3CC)ncc2c2cc(C(N)=O)cc(OCCCCC(=O)OCCC(=O)OC(C)(C)C)c21. The molecule has 0 aliphatic carbocycles. The molecule has 0 radical (unpaired) electrons. The summed E-state index contributed by atoms with van der Waals surface area (Å²) in [6, 6.07) is 10.1. The maximum Gasteiger partial charge on any atom is 0.309 e. The van der Waals surface area contributed by atoms with Crippen molar-refractivity contribution in [1.82, 2.24) is 43.6 Å². The quantitative estimate of drug-likeness (QED) is 0.0324.